The van der Waals surface area contributed by atoms with Gasteiger partial charge >= 0.3 is 0 Å². The smallest absolute Gasteiger partial charge is 0.161 e. The van der Waals surface area contributed by atoms with Crippen molar-refractivity contribution in [2.75, 3.05) is 35.0 Å². The first-order chi connectivity index (χ1) is 16.9. The number of piperazine rings is 1. The van der Waals surface area contributed by atoms with Crippen molar-refractivity contribution < 1.29 is 24.1 Å². The van der Waals surface area contributed by atoms with Crippen molar-refractivity contribution in [3.8, 4) is 29.1 Å². The molecule has 1 N–H and O–H groups in total. The summed E-state index contributed by atoms with van der Waals surface area (Å²) < 4.78 is 22.5. The number of benzene rings is 2. The van der Waals surface area contributed by atoms with Gasteiger partial charge in [-0.2, -0.15) is 5.26 Å². The summed E-state index contributed by atoms with van der Waals surface area (Å²) in [6.45, 7) is 2.19. The summed E-state index contributed by atoms with van der Waals surface area (Å²) >= 11 is 0. The predicted octanol–water partition coefficient (Wildman–Crippen LogP) is 2.93. The number of rotatable bonds is 5. The summed E-state index contributed by atoms with van der Waals surface area (Å²) in [5.41, 5.74) is 4.43. The van der Waals surface area contributed by atoms with Gasteiger partial charge in [-0.3, -0.25) is 9.80 Å². The van der Waals surface area contributed by atoms with Crippen LogP contribution < -0.4 is 18.9 Å². The van der Waals surface area contributed by atoms with Gasteiger partial charge in [0.25, 0.3) is 0 Å². The Morgan fingerprint density at radius 1 is 0.943 bits per heavy atom. The molecule has 0 aromatic heterocycles. The number of methoxy groups -OCH3 is 4. The number of nitrogens with zero attached hydrogens (tertiary/aromatic N) is 3. The summed E-state index contributed by atoms with van der Waals surface area (Å²) in [6.07, 6.45) is 1.62. The molecule has 8 nitrogen and oxygen atoms in total. The fourth-order valence-electron chi connectivity index (χ4n) is 7.40. The van der Waals surface area contributed by atoms with Crippen molar-refractivity contribution >= 4 is 0 Å². The minimum absolute atomic E-state index is 0.0117. The topological polar surface area (TPSA) is 87.4 Å². The number of nitriles is 1. The Hall–Kier alpha value is -2.99. The molecule has 0 spiro atoms. The van der Waals surface area contributed by atoms with Gasteiger partial charge < -0.3 is 24.1 Å². The van der Waals surface area contributed by atoms with E-state index in [1.54, 1.807) is 28.4 Å². The van der Waals surface area contributed by atoms with E-state index in [2.05, 4.69) is 34.9 Å². The average molecular weight is 478 g/mol. The number of fused-ring (bicyclic) bond motifs is 6. The molecule has 4 aliphatic heterocycles. The number of ether oxygens (including phenoxy) is 4. The van der Waals surface area contributed by atoms with Gasteiger partial charge in [0.2, 0.25) is 0 Å². The lowest BCUT2D eigenvalue weighted by Gasteiger charge is -2.65. The molecule has 8 heteroatoms. The molecule has 0 aliphatic carbocycles. The summed E-state index contributed by atoms with van der Waals surface area (Å²) in [7, 11) is 6.58. The highest BCUT2D eigenvalue weighted by Gasteiger charge is 2.67. The van der Waals surface area contributed by atoms with Crippen LogP contribution in [0.5, 0.6) is 23.0 Å². The molecule has 0 radical (unpaired) electrons. The number of hydrogen-bond acceptors (Lipinski definition) is 8. The highest BCUT2D eigenvalue weighted by molar-refractivity contribution is 5.57. The molecular formula is C27H31N3O5. The molecule has 2 aromatic carbocycles. The van der Waals surface area contributed by atoms with Crippen LogP contribution >= 0.6 is 0 Å². The van der Waals surface area contributed by atoms with E-state index >= 15 is 0 Å². The van der Waals surface area contributed by atoms with Gasteiger partial charge in [0.15, 0.2) is 23.0 Å². The summed E-state index contributed by atoms with van der Waals surface area (Å²) in [5.74, 6) is 2.75. The molecule has 2 aromatic rings. The van der Waals surface area contributed by atoms with Crippen molar-refractivity contribution in [1.82, 2.24) is 9.80 Å². The van der Waals surface area contributed by atoms with Gasteiger partial charge in [-0.15, -0.1) is 0 Å². The van der Waals surface area contributed by atoms with Gasteiger partial charge in [0.1, 0.15) is 6.04 Å². The van der Waals surface area contributed by atoms with Gasteiger partial charge in [0, 0.05) is 17.6 Å². The monoisotopic (exact) mass is 477 g/mol. The first-order valence-corrected chi connectivity index (χ1v) is 12.0. The largest absolute Gasteiger partial charge is 0.493 e. The van der Waals surface area contributed by atoms with Crippen LogP contribution in [-0.2, 0) is 12.0 Å². The van der Waals surface area contributed by atoms with Crippen LogP contribution in [0.1, 0.15) is 47.7 Å². The zero-order valence-electron chi connectivity index (χ0n) is 20.7. The van der Waals surface area contributed by atoms with E-state index in [1.165, 1.54) is 11.1 Å². The second-order valence-corrected chi connectivity index (χ2v) is 10.1. The summed E-state index contributed by atoms with van der Waals surface area (Å²) in [5, 5.41) is 21.0. The van der Waals surface area contributed by atoms with E-state index in [0.717, 1.165) is 29.7 Å². The van der Waals surface area contributed by atoms with E-state index in [-0.39, 0.29) is 42.4 Å². The highest BCUT2D eigenvalue weighted by atomic mass is 16.5. The lowest BCUT2D eigenvalue weighted by atomic mass is 9.71. The minimum atomic E-state index is -0.319. The van der Waals surface area contributed by atoms with Crippen LogP contribution in [0, 0.1) is 11.3 Å². The lowest BCUT2D eigenvalue weighted by Crippen LogP contribution is -2.74. The van der Waals surface area contributed by atoms with Gasteiger partial charge in [-0.1, -0.05) is 0 Å². The molecule has 0 saturated carbocycles. The normalized spacial score (nSPS) is 32.3. The molecule has 35 heavy (non-hydrogen) atoms. The fourth-order valence-corrected chi connectivity index (χ4v) is 7.40. The van der Waals surface area contributed by atoms with Crippen LogP contribution in [0.4, 0.5) is 0 Å². The van der Waals surface area contributed by atoms with Crippen molar-refractivity contribution in [2.24, 2.45) is 0 Å². The molecule has 2 saturated heterocycles. The predicted molar refractivity (Wildman–Crippen MR) is 128 cm³/mol. The van der Waals surface area contributed by atoms with E-state index in [4.69, 9.17) is 18.9 Å². The second kappa shape index (κ2) is 7.76. The van der Waals surface area contributed by atoms with Gasteiger partial charge in [-0.05, 0) is 66.3 Å². The number of aliphatic hydroxyl groups is 1. The molecule has 2 fully saturated rings. The Morgan fingerprint density at radius 3 is 2.14 bits per heavy atom. The Labute approximate surface area is 205 Å². The number of hydrogen-bond donors (Lipinski definition) is 1. The first kappa shape index (κ1) is 22.5. The average Bonchev–Trinajstić information content (AvgIpc) is 3.09. The van der Waals surface area contributed by atoms with Crippen molar-refractivity contribution in [2.45, 2.75) is 55.5 Å². The highest BCUT2D eigenvalue weighted by Crippen LogP contribution is 2.65. The Bertz CT molecular complexity index is 1240. The molecule has 6 rings (SSSR count). The molecule has 4 aliphatic rings. The van der Waals surface area contributed by atoms with E-state index < -0.39 is 0 Å². The third-order valence-electron chi connectivity index (χ3n) is 8.82. The first-order valence-electron chi connectivity index (χ1n) is 12.0. The van der Waals surface area contributed by atoms with Gasteiger partial charge in [-0.25, -0.2) is 0 Å². The molecule has 1 unspecified atom stereocenters. The summed E-state index contributed by atoms with van der Waals surface area (Å²) in [4.78, 5) is 4.80. The van der Waals surface area contributed by atoms with Crippen LogP contribution in [0.3, 0.4) is 0 Å². The minimum Gasteiger partial charge on any atom is -0.493 e. The lowest BCUT2D eigenvalue weighted by molar-refractivity contribution is -0.182. The SMILES string of the molecule is COc1cc2c(cc1OC)[C@H](CO)N1[C@@H](C#N)[C@@H]3CC4(C)c5cc(OC)c(OC)cc5[C@H]([C@@H]1C2)N34. The Balaban J connectivity index is 1.54. The van der Waals surface area contributed by atoms with Crippen molar-refractivity contribution in [1.29, 1.82) is 5.26 Å². The third kappa shape index (κ3) is 2.72. The van der Waals surface area contributed by atoms with Crippen LogP contribution in [-0.4, -0.2) is 68.1 Å². The molecular weight excluding hydrogens is 446 g/mol. The standard InChI is InChI=1S/C27H31N3O5/c1-27-11-19-20(12-28)29-18(6-14-7-22(32-2)23(33-3)8-15(14)21(29)13-31)26(30(19)27)16-9-24(34-4)25(35-5)10-17(16)27/h7-10,18-21,26,31H,6,11,13H2,1-5H3/t18-,19-,20-,21-,26+,27?/m0/s1. The van der Waals surface area contributed by atoms with Crippen LogP contribution in [0.2, 0.25) is 0 Å². The van der Waals surface area contributed by atoms with Crippen LogP contribution in [0.25, 0.3) is 0 Å². The molecule has 4 heterocycles. The molecule has 0 bridgehead atoms. The zero-order chi connectivity index (χ0) is 24.6. The summed E-state index contributed by atoms with van der Waals surface area (Å²) in [6, 6.07) is 10.4. The van der Waals surface area contributed by atoms with E-state index in [9.17, 15) is 10.4 Å². The second-order valence-electron chi connectivity index (χ2n) is 10.1. The fraction of sp³-hybridized carbons (Fsp3) is 0.519. The maximum atomic E-state index is 10.6. The Kier molecular flexibility index (Phi) is 4.98. The van der Waals surface area contributed by atoms with E-state index in [1.807, 2.05) is 12.1 Å². The quantitative estimate of drug-likeness (QED) is 0.704. The number of aliphatic hydroxyl groups excluding tert-OH is 1. The van der Waals surface area contributed by atoms with Crippen molar-refractivity contribution in [3.63, 3.8) is 0 Å². The van der Waals surface area contributed by atoms with E-state index in [0.29, 0.717) is 17.2 Å². The molecule has 0 amide bonds. The maximum absolute atomic E-state index is 10.6. The van der Waals surface area contributed by atoms with Crippen LogP contribution in [0.15, 0.2) is 24.3 Å². The van der Waals surface area contributed by atoms with Gasteiger partial charge in [0.05, 0.1) is 53.2 Å². The molecule has 184 valence electrons. The maximum Gasteiger partial charge on any atom is 0.161 e. The Morgan fingerprint density at radius 2 is 1.54 bits per heavy atom. The molecule has 6 atom stereocenters. The van der Waals surface area contributed by atoms with Crippen molar-refractivity contribution in [3.05, 3.63) is 46.5 Å². The third-order valence-corrected chi connectivity index (χ3v) is 8.82. The zero-order valence-corrected chi connectivity index (χ0v) is 20.7.